The number of hydrogen-bond acceptors (Lipinski definition) is 3. The molecule has 0 radical (unpaired) electrons. The predicted molar refractivity (Wildman–Crippen MR) is 103 cm³/mol. The minimum absolute atomic E-state index is 0.0647. The van der Waals surface area contributed by atoms with Gasteiger partial charge in [0.1, 0.15) is 0 Å². The molecule has 1 amide bonds. The monoisotopic (exact) mass is 355 g/mol. The van der Waals surface area contributed by atoms with Crippen molar-refractivity contribution in [1.29, 1.82) is 0 Å². The Labute approximate surface area is 153 Å². The van der Waals surface area contributed by atoms with E-state index in [1.165, 1.54) is 17.7 Å². The third-order valence-corrected chi connectivity index (χ3v) is 5.93. The molecule has 0 aromatic heterocycles. The number of amides is 1. The van der Waals surface area contributed by atoms with Gasteiger partial charge in [-0.1, -0.05) is 42.5 Å². The second-order valence-electron chi connectivity index (χ2n) is 6.76. The number of aliphatic hydroxyl groups is 1. The molecule has 0 heterocycles. The number of nitrogens with one attached hydrogen (secondary N) is 1. The Bertz CT molecular complexity index is 698. The molecule has 2 N–H and O–H groups in total. The maximum atomic E-state index is 12.5. The van der Waals surface area contributed by atoms with Crippen molar-refractivity contribution in [3.63, 3.8) is 0 Å². The van der Waals surface area contributed by atoms with Gasteiger partial charge in [0.25, 0.3) is 0 Å². The Balaban J connectivity index is 1.57. The lowest BCUT2D eigenvalue weighted by molar-refractivity contribution is -0.123. The lowest BCUT2D eigenvalue weighted by atomic mass is 9.98. The van der Waals surface area contributed by atoms with Crippen LogP contribution in [-0.4, -0.2) is 22.3 Å². The third kappa shape index (κ3) is 4.86. The van der Waals surface area contributed by atoms with Crippen molar-refractivity contribution in [3.05, 3.63) is 65.7 Å². The number of carbonyl (C=O) groups excluding carboxylic acids is 1. The number of thioether (sulfide) groups is 1. The van der Waals surface area contributed by atoms with Crippen molar-refractivity contribution in [1.82, 2.24) is 5.32 Å². The molecule has 0 bridgehead atoms. The van der Waals surface area contributed by atoms with Crippen LogP contribution in [0.25, 0.3) is 0 Å². The van der Waals surface area contributed by atoms with Crippen LogP contribution in [0.4, 0.5) is 0 Å². The molecule has 1 aliphatic rings. The zero-order valence-corrected chi connectivity index (χ0v) is 15.5. The Morgan fingerprint density at radius 1 is 1.04 bits per heavy atom. The molecule has 0 spiro atoms. The first-order valence-corrected chi connectivity index (χ1v) is 9.72. The second kappa shape index (κ2) is 8.07. The predicted octanol–water partition coefficient (Wildman–Crippen LogP) is 4.28. The normalized spacial score (nSPS) is 17.6. The van der Waals surface area contributed by atoms with E-state index in [1.54, 1.807) is 0 Å². The Hall–Kier alpha value is -1.78. The maximum absolute atomic E-state index is 12.5. The Morgan fingerprint density at radius 3 is 2.28 bits per heavy atom. The van der Waals surface area contributed by atoms with Crippen molar-refractivity contribution < 1.29 is 9.90 Å². The summed E-state index contributed by atoms with van der Waals surface area (Å²) in [5.74, 6) is -0.310. The Kier molecular flexibility index (Phi) is 5.82. The van der Waals surface area contributed by atoms with Crippen LogP contribution in [0.1, 0.15) is 49.8 Å². The van der Waals surface area contributed by atoms with Gasteiger partial charge in [0, 0.05) is 10.1 Å². The molecule has 1 saturated carbocycles. The van der Waals surface area contributed by atoms with Gasteiger partial charge in [-0.25, -0.2) is 0 Å². The highest BCUT2D eigenvalue weighted by molar-refractivity contribution is 8.00. The van der Waals surface area contributed by atoms with Crippen LogP contribution in [-0.2, 0) is 4.79 Å². The molecule has 2 aromatic carbocycles. The van der Waals surface area contributed by atoms with Crippen LogP contribution in [0.3, 0.4) is 0 Å². The van der Waals surface area contributed by atoms with Crippen LogP contribution >= 0.6 is 11.8 Å². The highest BCUT2D eigenvalue weighted by atomic mass is 32.2. The van der Waals surface area contributed by atoms with E-state index < -0.39 is 6.10 Å². The standard InChI is InChI=1S/C21H25NO2S/c1-14(16-8-10-18(11-9-16)25-19-12-13-19)21(24)22-15(2)20(23)17-6-4-3-5-7-17/h3-11,14-15,19-20,23H,12-13H2,1-2H3,(H,22,24). The van der Waals surface area contributed by atoms with Gasteiger partial charge in [0.05, 0.1) is 18.1 Å². The fraction of sp³-hybridized carbons (Fsp3) is 0.381. The molecular weight excluding hydrogens is 330 g/mol. The molecule has 3 rings (SSSR count). The van der Waals surface area contributed by atoms with Gasteiger partial charge in [-0.3, -0.25) is 4.79 Å². The van der Waals surface area contributed by atoms with Crippen molar-refractivity contribution in [2.45, 2.75) is 54.9 Å². The summed E-state index contributed by atoms with van der Waals surface area (Å²) in [6.45, 7) is 3.73. The summed E-state index contributed by atoms with van der Waals surface area (Å²) in [6.07, 6.45) is 1.91. The third-order valence-electron chi connectivity index (χ3n) is 4.59. The average Bonchev–Trinajstić information content (AvgIpc) is 3.45. The number of carbonyl (C=O) groups is 1. The largest absolute Gasteiger partial charge is 0.386 e. The molecule has 4 heteroatoms. The van der Waals surface area contributed by atoms with Gasteiger partial charge in [-0.05, 0) is 49.9 Å². The van der Waals surface area contributed by atoms with Crippen molar-refractivity contribution in [2.24, 2.45) is 0 Å². The number of benzene rings is 2. The summed E-state index contributed by atoms with van der Waals surface area (Å²) in [5.41, 5.74) is 1.81. The smallest absolute Gasteiger partial charge is 0.227 e. The lowest BCUT2D eigenvalue weighted by Gasteiger charge is -2.23. The zero-order chi connectivity index (χ0) is 17.8. The molecule has 3 nitrogen and oxygen atoms in total. The molecule has 25 heavy (non-hydrogen) atoms. The highest BCUT2D eigenvalue weighted by Gasteiger charge is 2.24. The summed E-state index contributed by atoms with van der Waals surface area (Å²) in [4.78, 5) is 13.8. The van der Waals surface area contributed by atoms with Gasteiger partial charge < -0.3 is 10.4 Å². The van der Waals surface area contributed by atoms with E-state index in [0.717, 1.165) is 16.4 Å². The van der Waals surface area contributed by atoms with Gasteiger partial charge in [0.15, 0.2) is 0 Å². The highest BCUT2D eigenvalue weighted by Crippen LogP contribution is 2.39. The van der Waals surface area contributed by atoms with Gasteiger partial charge >= 0.3 is 0 Å². The van der Waals surface area contributed by atoms with E-state index in [4.69, 9.17) is 0 Å². The second-order valence-corrected chi connectivity index (χ2v) is 8.13. The molecule has 0 saturated heterocycles. The molecular formula is C21H25NO2S. The van der Waals surface area contributed by atoms with Gasteiger partial charge in [-0.15, -0.1) is 11.8 Å². The van der Waals surface area contributed by atoms with Crippen molar-refractivity contribution in [2.75, 3.05) is 0 Å². The van der Waals surface area contributed by atoms with Crippen LogP contribution in [0, 0.1) is 0 Å². The lowest BCUT2D eigenvalue weighted by Crippen LogP contribution is -2.39. The molecule has 3 atom stereocenters. The molecule has 1 aliphatic carbocycles. The van der Waals surface area contributed by atoms with Crippen LogP contribution in [0.15, 0.2) is 59.5 Å². The first kappa shape index (κ1) is 18.0. The summed E-state index contributed by atoms with van der Waals surface area (Å²) in [6, 6.07) is 17.3. The number of hydrogen-bond donors (Lipinski definition) is 2. The van der Waals surface area contributed by atoms with E-state index in [1.807, 2.05) is 68.1 Å². The van der Waals surface area contributed by atoms with E-state index in [9.17, 15) is 9.90 Å². The van der Waals surface area contributed by atoms with Crippen LogP contribution < -0.4 is 5.32 Å². The summed E-state index contributed by atoms with van der Waals surface area (Å²) >= 11 is 1.92. The molecule has 3 unspecified atom stereocenters. The summed E-state index contributed by atoms with van der Waals surface area (Å²) in [7, 11) is 0. The fourth-order valence-electron chi connectivity index (χ4n) is 2.73. The number of aliphatic hydroxyl groups excluding tert-OH is 1. The number of rotatable bonds is 7. The first-order valence-electron chi connectivity index (χ1n) is 8.84. The van der Waals surface area contributed by atoms with E-state index in [-0.39, 0.29) is 17.9 Å². The van der Waals surface area contributed by atoms with Crippen LogP contribution in [0.5, 0.6) is 0 Å². The zero-order valence-electron chi connectivity index (χ0n) is 14.7. The maximum Gasteiger partial charge on any atom is 0.227 e. The molecule has 0 aliphatic heterocycles. The van der Waals surface area contributed by atoms with E-state index in [0.29, 0.717) is 0 Å². The van der Waals surface area contributed by atoms with E-state index in [2.05, 4.69) is 17.4 Å². The quantitative estimate of drug-likeness (QED) is 0.779. The summed E-state index contributed by atoms with van der Waals surface area (Å²) < 4.78 is 0. The fourth-order valence-corrected chi connectivity index (χ4v) is 3.78. The van der Waals surface area contributed by atoms with Crippen LogP contribution in [0.2, 0.25) is 0 Å². The average molecular weight is 356 g/mol. The summed E-state index contributed by atoms with van der Waals surface area (Å²) in [5, 5.41) is 14.1. The van der Waals surface area contributed by atoms with Crippen molar-refractivity contribution >= 4 is 17.7 Å². The Morgan fingerprint density at radius 2 is 1.68 bits per heavy atom. The van der Waals surface area contributed by atoms with Crippen molar-refractivity contribution in [3.8, 4) is 0 Å². The van der Waals surface area contributed by atoms with Gasteiger partial charge in [0.2, 0.25) is 5.91 Å². The van der Waals surface area contributed by atoms with Gasteiger partial charge in [-0.2, -0.15) is 0 Å². The minimum Gasteiger partial charge on any atom is -0.386 e. The molecule has 1 fully saturated rings. The molecule has 132 valence electrons. The SMILES string of the molecule is CC(C(=O)NC(C)C(O)c1ccccc1)c1ccc(SC2CC2)cc1. The minimum atomic E-state index is -0.713. The molecule has 2 aromatic rings. The topological polar surface area (TPSA) is 49.3 Å². The first-order chi connectivity index (χ1) is 12.0. The van der Waals surface area contributed by atoms with E-state index >= 15 is 0 Å².